The molecule has 0 saturated carbocycles. The number of aryl methyl sites for hydroxylation is 1. The monoisotopic (exact) mass is 464 g/mol. The Kier molecular flexibility index (Phi) is 6.93. The summed E-state index contributed by atoms with van der Waals surface area (Å²) in [5, 5.41) is 13.5. The van der Waals surface area contributed by atoms with Crippen LogP contribution in [0, 0.1) is 35.0 Å². The highest BCUT2D eigenvalue weighted by Crippen LogP contribution is 2.42. The fourth-order valence-corrected chi connectivity index (χ4v) is 4.71. The van der Waals surface area contributed by atoms with Gasteiger partial charge in [-0.1, -0.05) is 53.2 Å². The van der Waals surface area contributed by atoms with E-state index < -0.39 is 17.5 Å². The molecule has 2 aromatic rings. The highest BCUT2D eigenvalue weighted by molar-refractivity contribution is 5.89. The Hall–Kier alpha value is -3.14. The number of aromatic nitrogens is 1. The van der Waals surface area contributed by atoms with Crippen molar-refractivity contribution in [2.45, 2.75) is 73.4 Å². The van der Waals surface area contributed by atoms with E-state index in [4.69, 9.17) is 0 Å². The van der Waals surface area contributed by atoms with Gasteiger partial charge in [0.05, 0.1) is 6.07 Å². The predicted octanol–water partition coefficient (Wildman–Crippen LogP) is 3.70. The van der Waals surface area contributed by atoms with E-state index in [1.807, 2.05) is 66.7 Å². The maximum Gasteiger partial charge on any atom is 0.251 e. The van der Waals surface area contributed by atoms with Gasteiger partial charge in [-0.05, 0) is 47.3 Å². The molecule has 2 N–H and O–H groups in total. The highest BCUT2D eigenvalue weighted by Gasteiger charge is 2.51. The molecule has 182 valence electrons. The summed E-state index contributed by atoms with van der Waals surface area (Å²) in [5.74, 6) is -0.282. The third kappa shape index (κ3) is 5.32. The molecule has 2 unspecified atom stereocenters. The second-order valence-corrected chi connectivity index (χ2v) is 11.5. The number of H-pyrrole nitrogens is 1. The second-order valence-electron chi connectivity index (χ2n) is 11.5. The van der Waals surface area contributed by atoms with Gasteiger partial charge in [0.15, 0.2) is 0 Å². The first-order chi connectivity index (χ1) is 15.7. The molecule has 3 rings (SSSR count). The molecule has 7 nitrogen and oxygen atoms in total. The molecule has 34 heavy (non-hydrogen) atoms. The van der Waals surface area contributed by atoms with Crippen molar-refractivity contribution in [1.29, 1.82) is 5.26 Å². The summed E-state index contributed by atoms with van der Waals surface area (Å²) in [4.78, 5) is 43.7. The van der Waals surface area contributed by atoms with Crippen LogP contribution in [0.25, 0.3) is 10.9 Å². The second kappa shape index (κ2) is 9.25. The normalized spacial score (nSPS) is 20.7. The van der Waals surface area contributed by atoms with Crippen LogP contribution in [0.1, 0.15) is 59.1 Å². The van der Waals surface area contributed by atoms with Crippen LogP contribution >= 0.6 is 0 Å². The first-order valence-corrected chi connectivity index (χ1v) is 11.8. The van der Waals surface area contributed by atoms with Gasteiger partial charge < -0.3 is 15.2 Å². The minimum atomic E-state index is -0.887. The number of pyridine rings is 1. The number of benzene rings is 1. The first-order valence-electron chi connectivity index (χ1n) is 11.8. The Bertz CT molecular complexity index is 1200. The van der Waals surface area contributed by atoms with Crippen molar-refractivity contribution in [2.75, 3.05) is 6.54 Å². The van der Waals surface area contributed by atoms with Gasteiger partial charge in [0.1, 0.15) is 12.1 Å². The zero-order valence-corrected chi connectivity index (χ0v) is 21.3. The number of likely N-dealkylation sites (tertiary alicyclic amines) is 1. The van der Waals surface area contributed by atoms with Crippen molar-refractivity contribution < 1.29 is 9.59 Å². The maximum absolute atomic E-state index is 13.4. The van der Waals surface area contributed by atoms with Crippen molar-refractivity contribution in [1.82, 2.24) is 15.2 Å². The van der Waals surface area contributed by atoms with Crippen molar-refractivity contribution in [2.24, 2.45) is 16.7 Å². The van der Waals surface area contributed by atoms with Crippen LogP contribution in [0.3, 0.4) is 0 Å². The lowest BCUT2D eigenvalue weighted by molar-refractivity contribution is -0.142. The van der Waals surface area contributed by atoms with E-state index in [-0.39, 0.29) is 35.1 Å². The van der Waals surface area contributed by atoms with E-state index in [1.54, 1.807) is 11.0 Å². The number of nitrogens with zero attached hydrogens (tertiary/aromatic N) is 2. The Balaban J connectivity index is 1.83. The van der Waals surface area contributed by atoms with Gasteiger partial charge >= 0.3 is 0 Å². The zero-order chi connectivity index (χ0) is 25.4. The number of hydrogen-bond acceptors (Lipinski definition) is 4. The number of carbonyl (C=O) groups excluding carboxylic acids is 2. The summed E-state index contributed by atoms with van der Waals surface area (Å²) in [6, 6.07) is 8.08. The maximum atomic E-state index is 13.4. The molecular weight excluding hydrogens is 428 g/mol. The van der Waals surface area contributed by atoms with Crippen LogP contribution in [-0.2, 0) is 16.0 Å². The molecule has 1 aliphatic heterocycles. The van der Waals surface area contributed by atoms with Crippen molar-refractivity contribution in [3.8, 4) is 6.07 Å². The molecular formula is C27H36N4O3. The molecule has 1 aromatic heterocycles. The topological polar surface area (TPSA) is 106 Å². The summed E-state index contributed by atoms with van der Waals surface area (Å²) in [6.07, 6.45) is 0.424. The fourth-order valence-electron chi connectivity index (χ4n) is 4.71. The van der Waals surface area contributed by atoms with Gasteiger partial charge in [-0.3, -0.25) is 14.4 Å². The van der Waals surface area contributed by atoms with E-state index in [1.165, 1.54) is 0 Å². The summed E-state index contributed by atoms with van der Waals surface area (Å²) in [6.45, 7) is 14.5. The van der Waals surface area contributed by atoms with E-state index >= 15 is 0 Å². The molecule has 3 atom stereocenters. The molecule has 2 amide bonds. The summed E-state index contributed by atoms with van der Waals surface area (Å²) < 4.78 is 0. The molecule has 1 saturated heterocycles. The molecule has 1 fully saturated rings. The lowest BCUT2D eigenvalue weighted by atomic mass is 9.77. The smallest absolute Gasteiger partial charge is 0.251 e. The quantitative estimate of drug-likeness (QED) is 0.704. The summed E-state index contributed by atoms with van der Waals surface area (Å²) in [5.41, 5.74) is 1.31. The molecule has 0 bridgehead atoms. The molecule has 0 aliphatic carbocycles. The van der Waals surface area contributed by atoms with E-state index in [2.05, 4.69) is 16.4 Å². The third-order valence-corrected chi connectivity index (χ3v) is 6.98. The van der Waals surface area contributed by atoms with Gasteiger partial charge in [0, 0.05) is 30.5 Å². The van der Waals surface area contributed by atoms with E-state index in [0.29, 0.717) is 18.5 Å². The van der Waals surface area contributed by atoms with Gasteiger partial charge in [-0.15, -0.1) is 0 Å². The number of fused-ring (bicyclic) bond motifs is 1. The minimum absolute atomic E-state index is 0.0556. The first kappa shape index (κ1) is 25.5. The van der Waals surface area contributed by atoms with Crippen LogP contribution in [0.2, 0.25) is 0 Å². The van der Waals surface area contributed by atoms with E-state index in [9.17, 15) is 19.6 Å². The Labute approximate surface area is 201 Å². The number of amides is 2. The number of aromatic amines is 1. The van der Waals surface area contributed by atoms with Gasteiger partial charge in [-0.25, -0.2) is 0 Å². The fraction of sp³-hybridized carbons (Fsp3) is 0.556. The molecule has 0 spiro atoms. The lowest BCUT2D eigenvalue weighted by Crippen LogP contribution is -2.54. The van der Waals surface area contributed by atoms with Gasteiger partial charge in [0.25, 0.3) is 5.56 Å². The van der Waals surface area contributed by atoms with Crippen LogP contribution in [0.4, 0.5) is 0 Å². The van der Waals surface area contributed by atoms with Crippen molar-refractivity contribution >= 4 is 22.7 Å². The molecule has 7 heteroatoms. The average Bonchev–Trinajstić information content (AvgIpc) is 2.96. The minimum Gasteiger partial charge on any atom is -0.338 e. The number of hydrogen-bond donors (Lipinski definition) is 2. The lowest BCUT2D eigenvalue weighted by Gasteiger charge is -2.34. The molecule has 2 heterocycles. The molecule has 1 aliphatic rings. The zero-order valence-electron chi connectivity index (χ0n) is 21.3. The summed E-state index contributed by atoms with van der Waals surface area (Å²) >= 11 is 0. The molecule has 1 aromatic carbocycles. The van der Waals surface area contributed by atoms with Crippen LogP contribution in [0.15, 0.2) is 29.1 Å². The SMILES string of the molecule is Cc1ccc2[nH]c(=O)c(CC(C#N)NC(=O)[C@H]3N(C(=O)CC(C)(C)C)CC(C)C3(C)C)cc2c1. The van der Waals surface area contributed by atoms with Crippen LogP contribution < -0.4 is 10.9 Å². The Morgan fingerprint density at radius 2 is 1.97 bits per heavy atom. The number of nitriles is 1. The number of carbonyl (C=O) groups is 2. The Morgan fingerprint density at radius 1 is 1.29 bits per heavy atom. The number of rotatable bonds is 5. The predicted molar refractivity (Wildman–Crippen MR) is 133 cm³/mol. The largest absolute Gasteiger partial charge is 0.338 e. The van der Waals surface area contributed by atoms with Crippen LogP contribution in [-0.4, -0.2) is 40.3 Å². The van der Waals surface area contributed by atoms with Crippen molar-refractivity contribution in [3.05, 3.63) is 45.7 Å². The summed E-state index contributed by atoms with van der Waals surface area (Å²) in [7, 11) is 0. The molecule has 0 radical (unpaired) electrons. The number of nitrogens with one attached hydrogen (secondary N) is 2. The highest BCUT2D eigenvalue weighted by atomic mass is 16.2. The Morgan fingerprint density at radius 3 is 2.59 bits per heavy atom. The van der Waals surface area contributed by atoms with E-state index in [0.717, 1.165) is 16.5 Å². The average molecular weight is 465 g/mol. The van der Waals surface area contributed by atoms with Gasteiger partial charge in [0.2, 0.25) is 11.8 Å². The van der Waals surface area contributed by atoms with Crippen LogP contribution in [0.5, 0.6) is 0 Å². The third-order valence-electron chi connectivity index (χ3n) is 6.98. The van der Waals surface area contributed by atoms with Gasteiger partial charge in [-0.2, -0.15) is 5.26 Å². The van der Waals surface area contributed by atoms with Crippen molar-refractivity contribution in [3.63, 3.8) is 0 Å². The standard InChI is InChI=1S/C27H36N4O3/c1-16-8-9-21-18(10-16)11-19(24(33)30-21)12-20(14-28)29-25(34)23-27(6,7)17(2)15-31(23)22(32)13-26(3,4)5/h8-11,17,20,23H,12-13,15H2,1-7H3,(H,29,34)(H,30,33)/t17?,20?,23-/m1/s1.